The Hall–Kier alpha value is -1.27. The predicted molar refractivity (Wildman–Crippen MR) is 70.6 cm³/mol. The minimum Gasteiger partial charge on any atom is -0.480 e. The molecule has 1 rings (SSSR count). The Morgan fingerprint density at radius 2 is 2.00 bits per heavy atom. The minimum absolute atomic E-state index is 0.278. The number of hydrogen-bond donors (Lipinski definition) is 1. The summed E-state index contributed by atoms with van der Waals surface area (Å²) in [6.07, 6.45) is 0.965. The van der Waals surface area contributed by atoms with Crippen molar-refractivity contribution in [3.8, 4) is 0 Å². The van der Waals surface area contributed by atoms with E-state index in [1.165, 1.54) is 13.0 Å². The molecule has 100 valence electrons. The monoisotopic (exact) mass is 291 g/mol. The van der Waals surface area contributed by atoms with Crippen LogP contribution in [0.4, 0.5) is 5.69 Å². The number of carboxylic acid groups (broad SMARTS) is 1. The summed E-state index contributed by atoms with van der Waals surface area (Å²) in [4.78, 5) is 11.0. The van der Waals surface area contributed by atoms with Crippen LogP contribution in [0.2, 0.25) is 5.02 Å². The van der Waals surface area contributed by atoms with Gasteiger partial charge in [-0.3, -0.25) is 4.31 Å². The van der Waals surface area contributed by atoms with Gasteiger partial charge in [-0.1, -0.05) is 17.7 Å². The van der Waals surface area contributed by atoms with E-state index in [1.807, 2.05) is 0 Å². The second-order valence-electron chi connectivity index (χ2n) is 4.00. The minimum atomic E-state index is -3.71. The first-order valence-electron chi connectivity index (χ1n) is 5.13. The van der Waals surface area contributed by atoms with Gasteiger partial charge in [0.05, 0.1) is 11.9 Å². The zero-order valence-corrected chi connectivity index (χ0v) is 11.8. The van der Waals surface area contributed by atoms with Crippen LogP contribution in [-0.4, -0.2) is 31.8 Å². The van der Waals surface area contributed by atoms with Crippen LogP contribution in [-0.2, 0) is 14.8 Å². The molecule has 0 heterocycles. The molecular formula is C11H14ClNO4S. The lowest BCUT2D eigenvalue weighted by molar-refractivity contribution is -0.137. The van der Waals surface area contributed by atoms with Gasteiger partial charge in [0.1, 0.15) is 6.04 Å². The molecule has 0 unspecified atom stereocenters. The summed E-state index contributed by atoms with van der Waals surface area (Å²) in [6.45, 7) is 3.00. The number of aliphatic carboxylic acids is 1. The van der Waals surface area contributed by atoms with Crippen molar-refractivity contribution in [1.82, 2.24) is 0 Å². The van der Waals surface area contributed by atoms with Crippen LogP contribution in [0.3, 0.4) is 0 Å². The number of benzene rings is 1. The molecule has 0 bridgehead atoms. The molecule has 1 N–H and O–H groups in total. The number of anilines is 1. The highest BCUT2D eigenvalue weighted by atomic mass is 35.5. The third-order valence-electron chi connectivity index (χ3n) is 2.48. The molecular weight excluding hydrogens is 278 g/mol. The van der Waals surface area contributed by atoms with Crippen molar-refractivity contribution in [1.29, 1.82) is 0 Å². The maximum Gasteiger partial charge on any atom is 0.327 e. The molecule has 0 saturated carbocycles. The quantitative estimate of drug-likeness (QED) is 0.919. The number of carbonyl (C=O) groups is 1. The number of rotatable bonds is 4. The topological polar surface area (TPSA) is 74.7 Å². The summed E-state index contributed by atoms with van der Waals surface area (Å²) in [5, 5.41) is 9.35. The highest BCUT2D eigenvalue weighted by Gasteiger charge is 2.29. The predicted octanol–water partition coefficient (Wildman–Crippen LogP) is 1.89. The van der Waals surface area contributed by atoms with Gasteiger partial charge in [0.2, 0.25) is 10.0 Å². The van der Waals surface area contributed by atoms with Crippen molar-refractivity contribution in [2.75, 3.05) is 10.6 Å². The second-order valence-corrected chi connectivity index (χ2v) is 6.30. The first-order valence-corrected chi connectivity index (χ1v) is 7.35. The fraction of sp³-hybridized carbons (Fsp3) is 0.364. The van der Waals surface area contributed by atoms with Crippen LogP contribution in [0.15, 0.2) is 18.2 Å². The molecule has 0 fully saturated rings. The molecule has 1 atom stereocenters. The molecule has 1 aromatic carbocycles. The number of hydrogen-bond acceptors (Lipinski definition) is 3. The van der Waals surface area contributed by atoms with E-state index < -0.39 is 22.0 Å². The number of nitrogens with zero attached hydrogens (tertiary/aromatic N) is 1. The third kappa shape index (κ3) is 3.14. The van der Waals surface area contributed by atoms with E-state index in [1.54, 1.807) is 19.1 Å². The zero-order valence-electron chi connectivity index (χ0n) is 10.2. The molecule has 0 aliphatic rings. The molecule has 0 spiro atoms. The highest BCUT2D eigenvalue weighted by molar-refractivity contribution is 7.92. The lowest BCUT2D eigenvalue weighted by atomic mass is 10.2. The molecule has 0 radical (unpaired) electrons. The van der Waals surface area contributed by atoms with E-state index in [0.717, 1.165) is 10.6 Å². The Kier molecular flexibility index (Phi) is 4.24. The van der Waals surface area contributed by atoms with E-state index >= 15 is 0 Å². The van der Waals surface area contributed by atoms with Crippen molar-refractivity contribution in [2.45, 2.75) is 19.9 Å². The Labute approximate surface area is 111 Å². The van der Waals surface area contributed by atoms with Gasteiger partial charge < -0.3 is 5.11 Å². The standard InChI is InChI=1S/C11H14ClNO4S/c1-7-4-5-9(12)6-10(7)13(18(3,16)17)8(2)11(14)15/h4-6,8H,1-3H3,(H,14,15)/t8-/m1/s1. The van der Waals surface area contributed by atoms with E-state index in [2.05, 4.69) is 0 Å². The highest BCUT2D eigenvalue weighted by Crippen LogP contribution is 2.28. The van der Waals surface area contributed by atoms with Crippen molar-refractivity contribution in [3.63, 3.8) is 0 Å². The Balaban J connectivity index is 3.45. The summed E-state index contributed by atoms with van der Waals surface area (Å²) < 4.78 is 24.4. The Morgan fingerprint density at radius 1 is 1.44 bits per heavy atom. The van der Waals surface area contributed by atoms with Crippen molar-refractivity contribution >= 4 is 33.3 Å². The molecule has 0 aliphatic carbocycles. The van der Waals surface area contributed by atoms with Gasteiger partial charge >= 0.3 is 5.97 Å². The number of aryl methyl sites for hydroxylation is 1. The molecule has 18 heavy (non-hydrogen) atoms. The summed E-state index contributed by atoms with van der Waals surface area (Å²) in [6, 6.07) is 3.51. The van der Waals surface area contributed by atoms with Crippen LogP contribution in [0.1, 0.15) is 12.5 Å². The first-order chi connectivity index (χ1) is 8.14. The van der Waals surface area contributed by atoms with Gasteiger partial charge in [-0.15, -0.1) is 0 Å². The molecule has 0 aliphatic heterocycles. The third-order valence-corrected chi connectivity index (χ3v) is 3.94. The Bertz CT molecular complexity index is 570. The normalized spacial score (nSPS) is 13.1. The smallest absolute Gasteiger partial charge is 0.327 e. The van der Waals surface area contributed by atoms with Crippen LogP contribution >= 0.6 is 11.6 Å². The maximum atomic E-state index is 11.8. The largest absolute Gasteiger partial charge is 0.480 e. The maximum absolute atomic E-state index is 11.8. The second kappa shape index (κ2) is 5.16. The Morgan fingerprint density at radius 3 is 2.44 bits per heavy atom. The van der Waals surface area contributed by atoms with Gasteiger partial charge in [0, 0.05) is 5.02 Å². The van der Waals surface area contributed by atoms with Crippen LogP contribution in [0.5, 0.6) is 0 Å². The number of halogens is 1. The van der Waals surface area contributed by atoms with Gasteiger partial charge in [-0.05, 0) is 31.5 Å². The van der Waals surface area contributed by atoms with Gasteiger partial charge in [0.15, 0.2) is 0 Å². The average Bonchev–Trinajstić information content (AvgIpc) is 2.21. The van der Waals surface area contributed by atoms with E-state index in [9.17, 15) is 13.2 Å². The molecule has 7 heteroatoms. The van der Waals surface area contributed by atoms with Crippen molar-refractivity contribution in [2.24, 2.45) is 0 Å². The lowest BCUT2D eigenvalue weighted by Gasteiger charge is -2.27. The zero-order chi connectivity index (χ0) is 14.1. The molecule has 1 aromatic rings. The van der Waals surface area contributed by atoms with E-state index in [0.29, 0.717) is 10.6 Å². The average molecular weight is 292 g/mol. The van der Waals surface area contributed by atoms with Crippen molar-refractivity contribution < 1.29 is 18.3 Å². The van der Waals surface area contributed by atoms with Crippen LogP contribution in [0.25, 0.3) is 0 Å². The fourth-order valence-electron chi connectivity index (χ4n) is 1.59. The van der Waals surface area contributed by atoms with Gasteiger partial charge in [-0.25, -0.2) is 13.2 Å². The first kappa shape index (κ1) is 14.8. The van der Waals surface area contributed by atoms with E-state index in [-0.39, 0.29) is 5.69 Å². The number of sulfonamides is 1. The molecule has 0 saturated heterocycles. The lowest BCUT2D eigenvalue weighted by Crippen LogP contribution is -2.43. The molecule has 5 nitrogen and oxygen atoms in total. The summed E-state index contributed by atoms with van der Waals surface area (Å²) in [5.74, 6) is -1.22. The fourth-order valence-corrected chi connectivity index (χ4v) is 2.98. The summed E-state index contributed by atoms with van der Waals surface area (Å²) in [5.41, 5.74) is 0.915. The molecule has 0 amide bonds. The van der Waals surface area contributed by atoms with Crippen LogP contribution in [0, 0.1) is 6.92 Å². The summed E-state index contributed by atoms with van der Waals surface area (Å²) in [7, 11) is -3.71. The SMILES string of the molecule is Cc1ccc(Cl)cc1N([C@H](C)C(=O)O)S(C)(=O)=O. The van der Waals surface area contributed by atoms with Crippen molar-refractivity contribution in [3.05, 3.63) is 28.8 Å². The van der Waals surface area contributed by atoms with Crippen LogP contribution < -0.4 is 4.31 Å². The number of carboxylic acids is 1. The van der Waals surface area contributed by atoms with E-state index in [4.69, 9.17) is 16.7 Å². The molecule has 0 aromatic heterocycles. The summed E-state index contributed by atoms with van der Waals surface area (Å²) >= 11 is 5.83. The van der Waals surface area contributed by atoms with Gasteiger partial charge in [-0.2, -0.15) is 0 Å². The van der Waals surface area contributed by atoms with Gasteiger partial charge in [0.25, 0.3) is 0 Å².